The second kappa shape index (κ2) is 3.23. The number of anilines is 2. The lowest BCUT2D eigenvalue weighted by Crippen LogP contribution is -1.86. The third-order valence-corrected chi connectivity index (χ3v) is 1.75. The minimum atomic E-state index is 0.277. The maximum Gasteiger partial charge on any atom is 0.115 e. The maximum absolute atomic E-state index is 9.05. The molecule has 0 saturated heterocycles. The monoisotopic (exact) mass is 174 g/mol. The lowest BCUT2D eigenvalue weighted by Gasteiger charge is -2.02. The zero-order chi connectivity index (χ0) is 9.10. The summed E-state index contributed by atoms with van der Waals surface area (Å²) in [5, 5.41) is 12.2. The zero-order valence-electron chi connectivity index (χ0n) is 6.99. The largest absolute Gasteiger partial charge is 0.508 e. The van der Waals surface area contributed by atoms with Gasteiger partial charge in [-0.05, 0) is 30.3 Å². The van der Waals surface area contributed by atoms with Crippen LogP contribution in [0.15, 0.2) is 42.7 Å². The number of H-pyrrole nitrogens is 1. The van der Waals surface area contributed by atoms with Crippen molar-refractivity contribution < 1.29 is 5.11 Å². The van der Waals surface area contributed by atoms with Gasteiger partial charge < -0.3 is 15.4 Å². The summed E-state index contributed by atoms with van der Waals surface area (Å²) in [6, 6.07) is 8.88. The van der Waals surface area contributed by atoms with Gasteiger partial charge in [0, 0.05) is 18.1 Å². The lowest BCUT2D eigenvalue weighted by atomic mass is 10.3. The van der Waals surface area contributed by atoms with Gasteiger partial charge in [-0.3, -0.25) is 0 Å². The molecular weight excluding hydrogens is 164 g/mol. The molecule has 66 valence electrons. The first-order valence-corrected chi connectivity index (χ1v) is 4.03. The van der Waals surface area contributed by atoms with Crippen LogP contribution in [0.3, 0.4) is 0 Å². The summed E-state index contributed by atoms with van der Waals surface area (Å²) in [4.78, 5) is 2.95. The van der Waals surface area contributed by atoms with Crippen molar-refractivity contribution in [2.45, 2.75) is 0 Å². The Hall–Kier alpha value is -1.90. The summed E-state index contributed by atoms with van der Waals surface area (Å²) in [7, 11) is 0. The predicted molar refractivity (Wildman–Crippen MR) is 52.2 cm³/mol. The molecule has 0 unspecified atom stereocenters. The molecule has 0 aliphatic carbocycles. The first-order chi connectivity index (χ1) is 6.34. The Balaban J connectivity index is 2.15. The van der Waals surface area contributed by atoms with Gasteiger partial charge >= 0.3 is 0 Å². The summed E-state index contributed by atoms with van der Waals surface area (Å²) in [5.41, 5.74) is 1.96. The molecule has 13 heavy (non-hydrogen) atoms. The van der Waals surface area contributed by atoms with E-state index in [9.17, 15) is 0 Å². The van der Waals surface area contributed by atoms with Gasteiger partial charge in [-0.15, -0.1) is 0 Å². The number of nitrogens with one attached hydrogen (secondary N) is 2. The number of aromatic nitrogens is 1. The second-order valence-electron chi connectivity index (χ2n) is 2.77. The molecule has 3 N–H and O–H groups in total. The van der Waals surface area contributed by atoms with Crippen LogP contribution in [0.25, 0.3) is 0 Å². The highest BCUT2D eigenvalue weighted by Crippen LogP contribution is 2.18. The highest BCUT2D eigenvalue weighted by Gasteiger charge is 1.93. The van der Waals surface area contributed by atoms with Gasteiger partial charge in [-0.1, -0.05) is 0 Å². The Labute approximate surface area is 76.0 Å². The van der Waals surface area contributed by atoms with Crippen LogP contribution < -0.4 is 5.32 Å². The predicted octanol–water partition coefficient (Wildman–Crippen LogP) is 2.46. The van der Waals surface area contributed by atoms with Crippen molar-refractivity contribution in [2.75, 3.05) is 5.32 Å². The highest BCUT2D eigenvalue weighted by molar-refractivity contribution is 5.59. The van der Waals surface area contributed by atoms with Gasteiger partial charge in [0.1, 0.15) is 5.75 Å². The lowest BCUT2D eigenvalue weighted by molar-refractivity contribution is 0.475. The summed E-state index contributed by atoms with van der Waals surface area (Å²) >= 11 is 0. The summed E-state index contributed by atoms with van der Waals surface area (Å²) < 4.78 is 0. The van der Waals surface area contributed by atoms with E-state index in [1.54, 1.807) is 12.1 Å². The Morgan fingerprint density at radius 2 is 1.77 bits per heavy atom. The van der Waals surface area contributed by atoms with Crippen molar-refractivity contribution in [3.8, 4) is 5.75 Å². The Bertz CT molecular complexity index is 364. The molecule has 3 nitrogen and oxygen atoms in total. The van der Waals surface area contributed by atoms with Crippen LogP contribution in [0.4, 0.5) is 11.4 Å². The number of benzene rings is 1. The summed E-state index contributed by atoms with van der Waals surface area (Å²) in [6.07, 6.45) is 3.72. The van der Waals surface area contributed by atoms with Crippen molar-refractivity contribution in [1.29, 1.82) is 0 Å². The summed E-state index contributed by atoms with van der Waals surface area (Å²) in [5.74, 6) is 0.277. The van der Waals surface area contributed by atoms with Crippen LogP contribution in [0.1, 0.15) is 0 Å². The van der Waals surface area contributed by atoms with E-state index >= 15 is 0 Å². The third-order valence-electron chi connectivity index (χ3n) is 1.75. The molecule has 2 rings (SSSR count). The average molecular weight is 174 g/mol. The molecular formula is C10H10N2O. The van der Waals surface area contributed by atoms with Crippen molar-refractivity contribution in [2.24, 2.45) is 0 Å². The Kier molecular flexibility index (Phi) is 1.92. The first-order valence-electron chi connectivity index (χ1n) is 4.03. The number of phenolic OH excluding ortho intramolecular Hbond substituents is 1. The van der Waals surface area contributed by atoms with Crippen molar-refractivity contribution in [1.82, 2.24) is 4.98 Å². The van der Waals surface area contributed by atoms with E-state index in [2.05, 4.69) is 10.3 Å². The smallest absolute Gasteiger partial charge is 0.115 e. The molecule has 1 aromatic heterocycles. The molecule has 0 aliphatic heterocycles. The van der Waals surface area contributed by atoms with Crippen molar-refractivity contribution in [3.63, 3.8) is 0 Å². The number of hydrogen-bond acceptors (Lipinski definition) is 2. The van der Waals surface area contributed by atoms with Crippen LogP contribution in [-0.2, 0) is 0 Å². The maximum atomic E-state index is 9.05. The number of rotatable bonds is 2. The number of aromatic amines is 1. The first kappa shape index (κ1) is 7.73. The van der Waals surface area contributed by atoms with E-state index < -0.39 is 0 Å². The fraction of sp³-hybridized carbons (Fsp3) is 0. The quantitative estimate of drug-likeness (QED) is 0.612. The zero-order valence-corrected chi connectivity index (χ0v) is 6.99. The molecule has 3 heteroatoms. The van der Waals surface area contributed by atoms with E-state index in [0.29, 0.717) is 0 Å². The number of phenols is 1. The van der Waals surface area contributed by atoms with Crippen LogP contribution in [0.2, 0.25) is 0 Å². The van der Waals surface area contributed by atoms with E-state index in [1.807, 2.05) is 30.6 Å². The van der Waals surface area contributed by atoms with Gasteiger partial charge in [0.2, 0.25) is 0 Å². The molecule has 0 atom stereocenters. The fourth-order valence-corrected chi connectivity index (χ4v) is 1.11. The van der Waals surface area contributed by atoms with Gasteiger partial charge in [-0.25, -0.2) is 0 Å². The van der Waals surface area contributed by atoms with Crippen LogP contribution in [-0.4, -0.2) is 10.1 Å². The van der Waals surface area contributed by atoms with Gasteiger partial charge in [0.25, 0.3) is 0 Å². The molecule has 0 bridgehead atoms. The molecule has 0 saturated carbocycles. The normalized spacial score (nSPS) is 9.85. The minimum Gasteiger partial charge on any atom is -0.508 e. The third kappa shape index (κ3) is 1.82. The van der Waals surface area contributed by atoms with Gasteiger partial charge in [-0.2, -0.15) is 0 Å². The Morgan fingerprint density at radius 3 is 2.38 bits per heavy atom. The van der Waals surface area contributed by atoms with Gasteiger partial charge in [0.05, 0.1) is 5.69 Å². The molecule has 0 radical (unpaired) electrons. The van der Waals surface area contributed by atoms with E-state index in [1.165, 1.54) is 0 Å². The molecule has 0 fully saturated rings. The van der Waals surface area contributed by atoms with Crippen molar-refractivity contribution >= 4 is 11.4 Å². The SMILES string of the molecule is Oc1ccc(Nc2cc[nH]c2)cc1. The van der Waals surface area contributed by atoms with Crippen LogP contribution >= 0.6 is 0 Å². The van der Waals surface area contributed by atoms with Crippen LogP contribution in [0, 0.1) is 0 Å². The van der Waals surface area contributed by atoms with E-state index in [0.717, 1.165) is 11.4 Å². The molecule has 0 amide bonds. The van der Waals surface area contributed by atoms with E-state index in [-0.39, 0.29) is 5.75 Å². The number of aromatic hydroxyl groups is 1. The second-order valence-corrected chi connectivity index (χ2v) is 2.77. The van der Waals surface area contributed by atoms with Gasteiger partial charge in [0.15, 0.2) is 0 Å². The van der Waals surface area contributed by atoms with Crippen molar-refractivity contribution in [3.05, 3.63) is 42.7 Å². The fourth-order valence-electron chi connectivity index (χ4n) is 1.11. The summed E-state index contributed by atoms with van der Waals surface area (Å²) in [6.45, 7) is 0. The molecule has 2 aromatic rings. The highest BCUT2D eigenvalue weighted by atomic mass is 16.3. The topological polar surface area (TPSA) is 48.0 Å². The average Bonchev–Trinajstić information content (AvgIpc) is 2.62. The van der Waals surface area contributed by atoms with E-state index in [4.69, 9.17) is 5.11 Å². The molecule has 0 spiro atoms. The molecule has 1 aromatic carbocycles. The standard InChI is InChI=1S/C10H10N2O/c13-10-3-1-8(2-4-10)12-9-5-6-11-7-9/h1-7,11-13H. The molecule has 1 heterocycles. The molecule has 0 aliphatic rings. The minimum absolute atomic E-state index is 0.277. The Morgan fingerprint density at radius 1 is 1.00 bits per heavy atom. The van der Waals surface area contributed by atoms with Crippen LogP contribution in [0.5, 0.6) is 5.75 Å². The number of hydrogen-bond donors (Lipinski definition) is 3.